The molecule has 0 N–H and O–H groups in total. The first kappa shape index (κ1) is 14.0. The minimum Gasteiger partial charge on any atom is -0.309 e. The van der Waals surface area contributed by atoms with E-state index in [0.29, 0.717) is 0 Å². The van der Waals surface area contributed by atoms with Crippen LogP contribution in [0.3, 0.4) is 0 Å². The van der Waals surface area contributed by atoms with Crippen LogP contribution in [0.15, 0.2) is 5.51 Å². The summed E-state index contributed by atoms with van der Waals surface area (Å²) in [6.45, 7) is 5.69. The number of thiazole rings is 1. The van der Waals surface area contributed by atoms with Gasteiger partial charge in [-0.15, -0.1) is 11.3 Å². The second kappa shape index (κ2) is 6.64. The standard InChI is InChI=1S/C14H25N3S/c1-12-14(18-11-15-12)10-17-8-5-4-6-13(17)7-9-16(2)3/h11,13H,4-10H2,1-3H3. The zero-order valence-corrected chi connectivity index (χ0v) is 12.7. The van der Waals surface area contributed by atoms with Crippen molar-refractivity contribution in [3.8, 4) is 0 Å². The Bertz CT molecular complexity index is 362. The minimum atomic E-state index is 0.766. The number of aromatic nitrogens is 1. The summed E-state index contributed by atoms with van der Waals surface area (Å²) in [7, 11) is 4.33. The second-order valence-corrected chi connectivity index (χ2v) is 6.51. The van der Waals surface area contributed by atoms with Crippen LogP contribution < -0.4 is 0 Å². The van der Waals surface area contributed by atoms with E-state index < -0.39 is 0 Å². The number of hydrogen-bond donors (Lipinski definition) is 0. The van der Waals surface area contributed by atoms with Crippen LogP contribution in [0.1, 0.15) is 36.3 Å². The zero-order valence-electron chi connectivity index (χ0n) is 11.9. The lowest BCUT2D eigenvalue weighted by Crippen LogP contribution is -2.40. The van der Waals surface area contributed by atoms with Crippen LogP contribution in [0, 0.1) is 6.92 Å². The Morgan fingerprint density at radius 2 is 2.28 bits per heavy atom. The number of piperidine rings is 1. The Morgan fingerprint density at radius 1 is 1.44 bits per heavy atom. The average Bonchev–Trinajstić information content (AvgIpc) is 2.74. The highest BCUT2D eigenvalue weighted by atomic mass is 32.1. The largest absolute Gasteiger partial charge is 0.309 e. The van der Waals surface area contributed by atoms with Crippen LogP contribution in [0.2, 0.25) is 0 Å². The summed E-state index contributed by atoms with van der Waals surface area (Å²) in [6, 6.07) is 0.766. The number of nitrogens with zero attached hydrogens (tertiary/aromatic N) is 3. The number of rotatable bonds is 5. The fourth-order valence-corrected chi connectivity index (χ4v) is 3.47. The van der Waals surface area contributed by atoms with E-state index in [1.54, 1.807) is 11.3 Å². The molecule has 2 heterocycles. The molecule has 0 bridgehead atoms. The molecule has 0 spiro atoms. The van der Waals surface area contributed by atoms with E-state index in [4.69, 9.17) is 0 Å². The third-order valence-electron chi connectivity index (χ3n) is 3.85. The molecule has 1 atom stereocenters. The first-order valence-electron chi connectivity index (χ1n) is 6.94. The third-order valence-corrected chi connectivity index (χ3v) is 4.77. The summed E-state index contributed by atoms with van der Waals surface area (Å²) in [4.78, 5) is 10.8. The van der Waals surface area contributed by atoms with Gasteiger partial charge in [-0.25, -0.2) is 4.98 Å². The van der Waals surface area contributed by atoms with Gasteiger partial charge in [0.15, 0.2) is 0 Å². The maximum atomic E-state index is 4.36. The molecule has 0 aliphatic carbocycles. The maximum absolute atomic E-state index is 4.36. The van der Waals surface area contributed by atoms with Crippen molar-refractivity contribution in [1.82, 2.24) is 14.8 Å². The molecule has 0 aromatic carbocycles. The van der Waals surface area contributed by atoms with Crippen molar-refractivity contribution in [1.29, 1.82) is 0 Å². The predicted molar refractivity (Wildman–Crippen MR) is 78.1 cm³/mol. The quantitative estimate of drug-likeness (QED) is 0.818. The summed E-state index contributed by atoms with van der Waals surface area (Å²) >= 11 is 1.81. The fourth-order valence-electron chi connectivity index (χ4n) is 2.66. The minimum absolute atomic E-state index is 0.766. The van der Waals surface area contributed by atoms with Crippen molar-refractivity contribution in [2.75, 3.05) is 27.2 Å². The molecule has 0 amide bonds. The van der Waals surface area contributed by atoms with Crippen molar-refractivity contribution in [2.24, 2.45) is 0 Å². The van der Waals surface area contributed by atoms with Gasteiger partial charge in [-0.1, -0.05) is 6.42 Å². The highest BCUT2D eigenvalue weighted by molar-refractivity contribution is 7.09. The Hall–Kier alpha value is -0.450. The number of aryl methyl sites for hydroxylation is 1. The molecule has 1 fully saturated rings. The molecule has 18 heavy (non-hydrogen) atoms. The van der Waals surface area contributed by atoms with E-state index in [-0.39, 0.29) is 0 Å². The molecule has 2 rings (SSSR count). The lowest BCUT2D eigenvalue weighted by Gasteiger charge is -2.36. The molecular formula is C14H25N3S. The van der Waals surface area contributed by atoms with Gasteiger partial charge in [0.25, 0.3) is 0 Å². The SMILES string of the molecule is Cc1ncsc1CN1CCCCC1CCN(C)C. The van der Waals surface area contributed by atoms with Crippen LogP contribution in [0.4, 0.5) is 0 Å². The van der Waals surface area contributed by atoms with E-state index in [2.05, 4.69) is 35.8 Å². The molecule has 102 valence electrons. The third kappa shape index (κ3) is 3.77. The Morgan fingerprint density at radius 3 is 2.94 bits per heavy atom. The molecule has 1 aromatic rings. The Balaban J connectivity index is 1.93. The first-order valence-corrected chi connectivity index (χ1v) is 7.82. The molecule has 1 aliphatic heterocycles. The monoisotopic (exact) mass is 267 g/mol. The topological polar surface area (TPSA) is 19.4 Å². The summed E-state index contributed by atoms with van der Waals surface area (Å²) in [5.41, 5.74) is 3.20. The van der Waals surface area contributed by atoms with E-state index in [9.17, 15) is 0 Å². The maximum Gasteiger partial charge on any atom is 0.0798 e. The molecule has 1 unspecified atom stereocenters. The second-order valence-electron chi connectivity index (χ2n) is 5.57. The highest BCUT2D eigenvalue weighted by Crippen LogP contribution is 2.24. The fraction of sp³-hybridized carbons (Fsp3) is 0.786. The van der Waals surface area contributed by atoms with Gasteiger partial charge in [0.1, 0.15) is 0 Å². The van der Waals surface area contributed by atoms with Crippen LogP contribution >= 0.6 is 11.3 Å². The van der Waals surface area contributed by atoms with Crippen molar-refractivity contribution in [2.45, 2.75) is 45.2 Å². The molecule has 1 aromatic heterocycles. The molecule has 1 saturated heterocycles. The van der Waals surface area contributed by atoms with Gasteiger partial charge in [-0.2, -0.15) is 0 Å². The van der Waals surface area contributed by atoms with E-state index >= 15 is 0 Å². The smallest absolute Gasteiger partial charge is 0.0798 e. The molecule has 1 aliphatic rings. The van der Waals surface area contributed by atoms with Crippen molar-refractivity contribution in [3.63, 3.8) is 0 Å². The van der Waals surface area contributed by atoms with Gasteiger partial charge in [0.2, 0.25) is 0 Å². The Labute approximate surface area is 115 Å². The van der Waals surface area contributed by atoms with Gasteiger partial charge >= 0.3 is 0 Å². The summed E-state index contributed by atoms with van der Waals surface area (Å²) in [5.74, 6) is 0. The first-order chi connectivity index (χ1) is 8.66. The van der Waals surface area contributed by atoms with E-state index in [1.165, 1.54) is 49.3 Å². The van der Waals surface area contributed by atoms with Crippen molar-refractivity contribution < 1.29 is 0 Å². The molecule has 3 nitrogen and oxygen atoms in total. The summed E-state index contributed by atoms with van der Waals surface area (Å²) in [5, 5.41) is 0. The van der Waals surface area contributed by atoms with Crippen LogP contribution in [-0.2, 0) is 6.54 Å². The average molecular weight is 267 g/mol. The number of hydrogen-bond acceptors (Lipinski definition) is 4. The predicted octanol–water partition coefficient (Wildman–Crippen LogP) is 2.76. The van der Waals surface area contributed by atoms with Crippen LogP contribution in [0.25, 0.3) is 0 Å². The van der Waals surface area contributed by atoms with Crippen molar-refractivity contribution in [3.05, 3.63) is 16.1 Å². The van der Waals surface area contributed by atoms with Gasteiger partial charge in [-0.05, 0) is 53.4 Å². The highest BCUT2D eigenvalue weighted by Gasteiger charge is 2.23. The molecule has 0 radical (unpaired) electrons. The molecular weight excluding hydrogens is 242 g/mol. The molecule has 0 saturated carbocycles. The zero-order chi connectivity index (χ0) is 13.0. The van der Waals surface area contributed by atoms with Crippen LogP contribution in [-0.4, -0.2) is 48.0 Å². The van der Waals surface area contributed by atoms with Gasteiger partial charge in [0.05, 0.1) is 11.2 Å². The lowest BCUT2D eigenvalue weighted by atomic mass is 9.99. The molecule has 4 heteroatoms. The van der Waals surface area contributed by atoms with Crippen LogP contribution in [0.5, 0.6) is 0 Å². The van der Waals surface area contributed by atoms with Gasteiger partial charge in [0, 0.05) is 17.5 Å². The number of likely N-dealkylation sites (tertiary alicyclic amines) is 1. The van der Waals surface area contributed by atoms with Gasteiger partial charge < -0.3 is 4.90 Å². The van der Waals surface area contributed by atoms with Crippen molar-refractivity contribution >= 4 is 11.3 Å². The summed E-state index contributed by atoms with van der Waals surface area (Å²) in [6.07, 6.45) is 5.42. The summed E-state index contributed by atoms with van der Waals surface area (Å²) < 4.78 is 0. The lowest BCUT2D eigenvalue weighted by molar-refractivity contribution is 0.125. The Kier molecular flexibility index (Phi) is 5.15. The normalized spacial score (nSPS) is 21.7. The van der Waals surface area contributed by atoms with E-state index in [1.807, 2.05) is 5.51 Å². The van der Waals surface area contributed by atoms with Gasteiger partial charge in [-0.3, -0.25) is 4.90 Å². The van der Waals surface area contributed by atoms with E-state index in [0.717, 1.165) is 12.6 Å².